The number of likely N-dealkylation sites (N-methyl/N-ethyl adjacent to an activating group) is 1. The van der Waals surface area contributed by atoms with Gasteiger partial charge in [-0.05, 0) is 105 Å². The molecule has 0 saturated heterocycles. The van der Waals surface area contributed by atoms with E-state index in [1.54, 1.807) is 0 Å². The van der Waals surface area contributed by atoms with Gasteiger partial charge in [0, 0.05) is 13.2 Å². The predicted molar refractivity (Wildman–Crippen MR) is 141 cm³/mol. The molecule has 0 heterocycles. The summed E-state index contributed by atoms with van der Waals surface area (Å²) in [6.07, 6.45) is -6.55. The van der Waals surface area contributed by atoms with Gasteiger partial charge in [0.25, 0.3) is 5.60 Å². The molecule has 3 aliphatic rings. The number of hydrogen-bond acceptors (Lipinski definition) is 4. The summed E-state index contributed by atoms with van der Waals surface area (Å²) in [7, 11) is 1.90. The van der Waals surface area contributed by atoms with E-state index in [-0.39, 0.29) is 31.0 Å². The largest absolute Gasteiger partial charge is 0.492 e. The Morgan fingerprint density at radius 1 is 0.975 bits per heavy atom. The van der Waals surface area contributed by atoms with Crippen molar-refractivity contribution in [2.45, 2.75) is 102 Å². The van der Waals surface area contributed by atoms with Crippen LogP contribution in [0.5, 0.6) is 5.75 Å². The van der Waals surface area contributed by atoms with Crippen molar-refractivity contribution in [2.75, 3.05) is 33.4 Å². The van der Waals surface area contributed by atoms with E-state index < -0.39 is 31.0 Å². The minimum Gasteiger partial charge on any atom is -0.492 e. The van der Waals surface area contributed by atoms with Crippen LogP contribution in [0.3, 0.4) is 0 Å². The summed E-state index contributed by atoms with van der Waals surface area (Å²) in [5.41, 5.74) is -1.38. The molecule has 40 heavy (non-hydrogen) atoms. The second-order valence-electron chi connectivity index (χ2n) is 12.0. The molecule has 1 aromatic carbocycles. The number of benzene rings is 1. The van der Waals surface area contributed by atoms with E-state index in [1.165, 1.54) is 18.1 Å². The number of halogens is 6. The van der Waals surface area contributed by atoms with Crippen molar-refractivity contribution in [1.29, 1.82) is 0 Å². The number of hydrogen-bond donors (Lipinski definition) is 1. The zero-order valence-electron chi connectivity index (χ0n) is 23.7. The van der Waals surface area contributed by atoms with Crippen molar-refractivity contribution in [3.05, 3.63) is 29.3 Å². The summed E-state index contributed by atoms with van der Waals surface area (Å²) < 4.78 is 97.5. The first-order chi connectivity index (χ1) is 18.9. The monoisotopic (exact) mass is 579 g/mol. The summed E-state index contributed by atoms with van der Waals surface area (Å²) in [4.78, 5) is 0. The number of nitrogens with one attached hydrogen (secondary N) is 1. The normalized spacial score (nSPS) is 28.6. The van der Waals surface area contributed by atoms with Crippen molar-refractivity contribution >= 4 is 0 Å². The van der Waals surface area contributed by atoms with E-state index in [0.717, 1.165) is 50.8 Å². The Labute approximate surface area is 233 Å². The number of fused-ring (bicyclic) bond motifs is 5. The van der Waals surface area contributed by atoms with E-state index in [2.05, 4.69) is 35.2 Å². The van der Waals surface area contributed by atoms with Crippen molar-refractivity contribution < 1.29 is 40.6 Å². The third-order valence-corrected chi connectivity index (χ3v) is 9.71. The molecule has 0 unspecified atom stereocenters. The molecule has 0 radical (unpaired) electrons. The van der Waals surface area contributed by atoms with Crippen LogP contribution in [-0.4, -0.2) is 57.5 Å². The fraction of sp³-hybridized carbons (Fsp3) is 0.800. The van der Waals surface area contributed by atoms with Crippen LogP contribution >= 0.6 is 0 Å². The molecule has 0 spiro atoms. The Bertz CT molecular complexity index is 969. The molecule has 2 saturated carbocycles. The Morgan fingerprint density at radius 3 is 2.40 bits per heavy atom. The molecule has 1 N–H and O–H groups in total. The summed E-state index contributed by atoms with van der Waals surface area (Å²) in [5.74, 6) is 2.44. The summed E-state index contributed by atoms with van der Waals surface area (Å²) in [5, 5.41) is 3.08. The van der Waals surface area contributed by atoms with Crippen LogP contribution in [0.2, 0.25) is 0 Å². The van der Waals surface area contributed by atoms with E-state index in [9.17, 15) is 26.3 Å². The lowest BCUT2D eigenvalue weighted by atomic mass is 9.55. The summed E-state index contributed by atoms with van der Waals surface area (Å²) in [6, 6.07) is 6.48. The average Bonchev–Trinajstić information content (AvgIpc) is 3.22. The molecule has 5 atom stereocenters. The zero-order chi connectivity index (χ0) is 29.2. The molecule has 4 nitrogen and oxygen atoms in total. The smallest absolute Gasteiger partial charge is 0.426 e. The van der Waals surface area contributed by atoms with Crippen LogP contribution in [0, 0.1) is 17.3 Å². The molecular weight excluding hydrogens is 536 g/mol. The number of alkyl halides is 6. The van der Waals surface area contributed by atoms with Gasteiger partial charge in [-0.1, -0.05) is 26.3 Å². The van der Waals surface area contributed by atoms with E-state index >= 15 is 0 Å². The molecule has 228 valence electrons. The van der Waals surface area contributed by atoms with Crippen LogP contribution in [0.1, 0.15) is 82.3 Å². The Balaban J connectivity index is 1.33. The van der Waals surface area contributed by atoms with Crippen LogP contribution in [0.4, 0.5) is 26.3 Å². The Hall–Kier alpha value is -1.52. The van der Waals surface area contributed by atoms with Crippen molar-refractivity contribution in [1.82, 2.24) is 5.32 Å². The van der Waals surface area contributed by atoms with Gasteiger partial charge in [0.2, 0.25) is 0 Å². The van der Waals surface area contributed by atoms with Gasteiger partial charge in [0.1, 0.15) is 12.4 Å². The Kier molecular flexibility index (Phi) is 9.72. The molecular formula is C30H43F6NO3. The van der Waals surface area contributed by atoms with E-state index in [4.69, 9.17) is 9.47 Å². The highest BCUT2D eigenvalue weighted by molar-refractivity contribution is 5.40. The fourth-order valence-electron chi connectivity index (χ4n) is 7.71. The quantitative estimate of drug-likeness (QED) is 0.205. The number of aryl methyl sites for hydroxylation is 1. The summed E-state index contributed by atoms with van der Waals surface area (Å²) >= 11 is 0. The highest BCUT2D eigenvalue weighted by atomic mass is 19.4. The second kappa shape index (κ2) is 12.4. The lowest BCUT2D eigenvalue weighted by Crippen LogP contribution is -2.58. The lowest BCUT2D eigenvalue weighted by Gasteiger charge is -2.50. The lowest BCUT2D eigenvalue weighted by molar-refractivity contribution is -0.383. The molecule has 0 aliphatic heterocycles. The van der Waals surface area contributed by atoms with Gasteiger partial charge in [-0.25, -0.2) is 0 Å². The molecule has 1 aromatic rings. The van der Waals surface area contributed by atoms with Gasteiger partial charge in [-0.2, -0.15) is 26.3 Å². The van der Waals surface area contributed by atoms with E-state index in [0.29, 0.717) is 24.4 Å². The first-order valence-electron chi connectivity index (χ1n) is 14.7. The number of ether oxygens (including phenoxy) is 3. The molecule has 0 bridgehead atoms. The molecule has 2 fully saturated rings. The first kappa shape index (κ1) is 31.4. The standard InChI is InChI=1S/C30H43F6NO3/c1-4-13-28(29(31,32)33,30(34,35)36)40-17-5-16-39-26-11-10-25-24-8-6-20-19-21(38-18-15-37-3)7-9-22(20)23(24)12-14-27(25,26)2/h7,9,19,23-26,37H,4-6,8,10-18H2,1-3H3/t23-,24-,25+,26+,27+/m1/s1. The third-order valence-electron chi connectivity index (χ3n) is 9.71. The van der Waals surface area contributed by atoms with Gasteiger partial charge < -0.3 is 19.5 Å². The maximum atomic E-state index is 13.5. The SMILES string of the molecule is CCCC(OCCCO[C@H]1CC[C@H]2[C@@H]3CCc4cc(OCCNC)ccc4[C@H]3CC[C@]12C)(C(F)(F)F)C(F)(F)F. The van der Waals surface area contributed by atoms with Crippen LogP contribution in [-0.2, 0) is 15.9 Å². The van der Waals surface area contributed by atoms with E-state index in [1.807, 2.05) is 7.05 Å². The van der Waals surface area contributed by atoms with Gasteiger partial charge in [-0.3, -0.25) is 0 Å². The number of rotatable bonds is 12. The summed E-state index contributed by atoms with van der Waals surface area (Å²) in [6.45, 7) is 4.38. The van der Waals surface area contributed by atoms with Crippen molar-refractivity contribution in [3.63, 3.8) is 0 Å². The molecule has 4 rings (SSSR count). The predicted octanol–water partition coefficient (Wildman–Crippen LogP) is 7.60. The minimum absolute atomic E-state index is 0.0208. The molecule has 10 heteroatoms. The minimum atomic E-state index is -5.54. The topological polar surface area (TPSA) is 39.7 Å². The molecule has 3 aliphatic carbocycles. The Morgan fingerprint density at radius 2 is 1.73 bits per heavy atom. The van der Waals surface area contributed by atoms with Gasteiger partial charge in [0.05, 0.1) is 12.7 Å². The van der Waals surface area contributed by atoms with Gasteiger partial charge in [-0.15, -0.1) is 0 Å². The van der Waals surface area contributed by atoms with Gasteiger partial charge in [0.15, 0.2) is 0 Å². The van der Waals surface area contributed by atoms with Crippen molar-refractivity contribution in [2.24, 2.45) is 17.3 Å². The maximum absolute atomic E-state index is 13.5. The fourth-order valence-corrected chi connectivity index (χ4v) is 7.71. The first-order valence-corrected chi connectivity index (χ1v) is 14.7. The zero-order valence-corrected chi connectivity index (χ0v) is 23.7. The maximum Gasteiger partial charge on any atom is 0.426 e. The van der Waals surface area contributed by atoms with Gasteiger partial charge >= 0.3 is 12.4 Å². The second-order valence-corrected chi connectivity index (χ2v) is 12.0. The van der Waals surface area contributed by atoms with Crippen molar-refractivity contribution in [3.8, 4) is 5.75 Å². The molecule has 0 aromatic heterocycles. The highest BCUT2D eigenvalue weighted by Gasteiger charge is 2.71. The molecule has 0 amide bonds. The van der Waals surface area contributed by atoms with Crippen LogP contribution in [0.15, 0.2) is 18.2 Å². The highest BCUT2D eigenvalue weighted by Crippen LogP contribution is 2.61. The average molecular weight is 580 g/mol. The van der Waals surface area contributed by atoms with Crippen LogP contribution in [0.25, 0.3) is 0 Å². The third kappa shape index (κ3) is 6.00. The van der Waals surface area contributed by atoms with Crippen LogP contribution < -0.4 is 10.1 Å².